The third-order valence-electron chi connectivity index (χ3n) is 13.1. The molecule has 7 aromatic carbocycles. The van der Waals surface area contributed by atoms with Gasteiger partial charge in [-0.3, -0.25) is 9.97 Å². The van der Waals surface area contributed by atoms with Crippen LogP contribution in [0.4, 0.5) is 0 Å². The number of nitrogens with zero attached hydrogens (tertiary/aromatic N) is 6. The van der Waals surface area contributed by atoms with E-state index in [9.17, 15) is 0 Å². The number of aromatic nitrogens is 6. The van der Waals surface area contributed by atoms with Gasteiger partial charge in [0.05, 0.1) is 28.2 Å². The highest BCUT2D eigenvalue weighted by molar-refractivity contribution is 7.99. The van der Waals surface area contributed by atoms with Crippen LogP contribution in [0.5, 0.6) is 0 Å². The van der Waals surface area contributed by atoms with Crippen molar-refractivity contribution in [1.82, 2.24) is 29.9 Å². The molecule has 0 amide bonds. The quantitative estimate of drug-likeness (QED) is 0.158. The lowest BCUT2D eigenvalue weighted by Crippen LogP contribution is -2.32. The molecule has 0 saturated carbocycles. The first-order valence-electron chi connectivity index (χ1n) is 22.7. The molecule has 4 aromatic heterocycles. The van der Waals surface area contributed by atoms with Crippen molar-refractivity contribution < 1.29 is 0 Å². The third-order valence-corrected chi connectivity index (χ3v) is 14.3. The molecule has 13 rings (SSSR count). The van der Waals surface area contributed by atoms with E-state index in [1.807, 2.05) is 121 Å². The molecule has 1 spiro atoms. The van der Waals surface area contributed by atoms with Crippen molar-refractivity contribution in [2.45, 2.75) is 15.2 Å². The van der Waals surface area contributed by atoms with Crippen LogP contribution in [0, 0.1) is 0 Å². The number of benzene rings is 7. The average Bonchev–Trinajstić information content (AvgIpc) is 3.70. The molecule has 0 N–H and O–H groups in total. The third kappa shape index (κ3) is 6.66. The Morgan fingerprint density at radius 3 is 1.18 bits per heavy atom. The monoisotopic (exact) mass is 886 g/mol. The summed E-state index contributed by atoms with van der Waals surface area (Å²) in [7, 11) is 0. The van der Waals surface area contributed by atoms with Crippen molar-refractivity contribution in [2.75, 3.05) is 0 Å². The standard InChI is InChI=1S/C61H38N6S/c1-3-15-40(16-4-1)58-65-59(41-17-5-2-6-18-41)67-60(66-58)42-27-25-39(26-28-42)43-29-31-46-47-32-30-44(45-37-54(52-21-11-13-33-62-52)64-55(38-45)53-22-12-14-34-63-53)36-51(47)61(50(46)35-43)48-19-7-9-23-56(48)68-57-24-10-8-20-49(57)61/h1-38H. The molecule has 0 bridgehead atoms. The van der Waals surface area contributed by atoms with E-state index in [0.29, 0.717) is 17.5 Å². The highest BCUT2D eigenvalue weighted by Crippen LogP contribution is 2.63. The zero-order chi connectivity index (χ0) is 45.0. The van der Waals surface area contributed by atoms with Crippen molar-refractivity contribution in [3.05, 3.63) is 253 Å². The first-order valence-corrected chi connectivity index (χ1v) is 23.5. The maximum absolute atomic E-state index is 5.10. The van der Waals surface area contributed by atoms with Gasteiger partial charge in [-0.1, -0.05) is 169 Å². The van der Waals surface area contributed by atoms with Crippen LogP contribution in [0.25, 0.3) is 90.3 Å². The Labute approximate surface area is 398 Å². The van der Waals surface area contributed by atoms with Crippen molar-refractivity contribution in [3.8, 4) is 90.3 Å². The molecule has 1 aliphatic heterocycles. The van der Waals surface area contributed by atoms with E-state index >= 15 is 0 Å². The molecular weight excluding hydrogens is 849 g/mol. The van der Waals surface area contributed by atoms with Crippen LogP contribution in [-0.2, 0) is 5.41 Å². The predicted octanol–water partition coefficient (Wildman–Crippen LogP) is 14.6. The summed E-state index contributed by atoms with van der Waals surface area (Å²) in [5.41, 5.74) is 17.4. The van der Waals surface area contributed by atoms with Gasteiger partial charge in [-0.05, 0) is 116 Å². The Kier molecular flexibility index (Phi) is 9.54. The molecule has 6 nitrogen and oxygen atoms in total. The van der Waals surface area contributed by atoms with E-state index in [1.165, 1.54) is 43.2 Å². The summed E-state index contributed by atoms with van der Waals surface area (Å²) in [4.78, 5) is 32.0. The van der Waals surface area contributed by atoms with Gasteiger partial charge in [0.2, 0.25) is 0 Å². The summed E-state index contributed by atoms with van der Waals surface area (Å²) >= 11 is 1.85. The molecular formula is C61H38N6S. The summed E-state index contributed by atoms with van der Waals surface area (Å²) in [6, 6.07) is 77.0. The zero-order valence-electron chi connectivity index (χ0n) is 36.5. The fourth-order valence-electron chi connectivity index (χ4n) is 10.00. The number of fused-ring (bicyclic) bond motifs is 9. The molecule has 2 aliphatic rings. The van der Waals surface area contributed by atoms with Gasteiger partial charge in [0.25, 0.3) is 0 Å². The Morgan fingerprint density at radius 2 is 0.691 bits per heavy atom. The van der Waals surface area contributed by atoms with Crippen molar-refractivity contribution >= 4 is 11.8 Å². The normalized spacial score (nSPS) is 12.8. The lowest BCUT2D eigenvalue weighted by atomic mass is 9.67. The van der Waals surface area contributed by atoms with Crippen LogP contribution in [0.15, 0.2) is 241 Å². The van der Waals surface area contributed by atoms with E-state index in [1.54, 1.807) is 0 Å². The number of pyridine rings is 3. The molecule has 5 heterocycles. The zero-order valence-corrected chi connectivity index (χ0v) is 37.3. The largest absolute Gasteiger partial charge is 0.255 e. The maximum atomic E-state index is 5.10. The minimum Gasteiger partial charge on any atom is -0.255 e. The first-order chi connectivity index (χ1) is 33.7. The van der Waals surface area contributed by atoms with Gasteiger partial charge in [-0.2, -0.15) is 0 Å². The minimum atomic E-state index is -0.595. The lowest BCUT2D eigenvalue weighted by Gasteiger charge is -2.40. The second kappa shape index (κ2) is 16.3. The highest BCUT2D eigenvalue weighted by Gasteiger charge is 2.50. The molecule has 7 heteroatoms. The predicted molar refractivity (Wildman–Crippen MR) is 273 cm³/mol. The fourth-order valence-corrected chi connectivity index (χ4v) is 11.2. The topological polar surface area (TPSA) is 77.3 Å². The van der Waals surface area contributed by atoms with E-state index in [0.717, 1.165) is 61.7 Å². The van der Waals surface area contributed by atoms with Crippen LogP contribution in [0.2, 0.25) is 0 Å². The van der Waals surface area contributed by atoms with Crippen LogP contribution < -0.4 is 0 Å². The summed E-state index contributed by atoms with van der Waals surface area (Å²) in [5, 5.41) is 0. The highest BCUT2D eigenvalue weighted by atomic mass is 32.2. The maximum Gasteiger partial charge on any atom is 0.164 e. The minimum absolute atomic E-state index is 0.595. The second-order valence-electron chi connectivity index (χ2n) is 17.0. The molecule has 0 unspecified atom stereocenters. The van der Waals surface area contributed by atoms with Crippen LogP contribution in [0.3, 0.4) is 0 Å². The molecule has 0 radical (unpaired) electrons. The lowest BCUT2D eigenvalue weighted by molar-refractivity contribution is 0.723. The molecule has 11 aromatic rings. The summed E-state index contributed by atoms with van der Waals surface area (Å²) < 4.78 is 0. The summed E-state index contributed by atoms with van der Waals surface area (Å²) in [5.74, 6) is 1.91. The van der Waals surface area contributed by atoms with Gasteiger partial charge in [0, 0.05) is 38.9 Å². The van der Waals surface area contributed by atoms with Gasteiger partial charge < -0.3 is 0 Å². The Hall–Kier alpha value is -8.65. The second-order valence-corrected chi connectivity index (χ2v) is 18.1. The van der Waals surface area contributed by atoms with E-state index in [2.05, 4.69) is 121 Å². The molecule has 0 saturated heterocycles. The summed E-state index contributed by atoms with van der Waals surface area (Å²) in [6.07, 6.45) is 3.63. The van der Waals surface area contributed by atoms with Gasteiger partial charge in [-0.25, -0.2) is 19.9 Å². The van der Waals surface area contributed by atoms with Gasteiger partial charge in [0.15, 0.2) is 17.5 Å². The van der Waals surface area contributed by atoms with Crippen molar-refractivity contribution in [2.24, 2.45) is 0 Å². The Bertz CT molecular complexity index is 3530. The van der Waals surface area contributed by atoms with Crippen molar-refractivity contribution in [3.63, 3.8) is 0 Å². The van der Waals surface area contributed by atoms with E-state index in [-0.39, 0.29) is 0 Å². The van der Waals surface area contributed by atoms with Gasteiger partial charge in [-0.15, -0.1) is 0 Å². The molecule has 0 fully saturated rings. The smallest absolute Gasteiger partial charge is 0.164 e. The SMILES string of the molecule is c1ccc(-c2nc(-c3ccccc3)nc(-c3ccc(-c4ccc5c(c4)C4(c6ccccc6Sc6ccccc64)c4cc(-c6cc(-c7ccccn7)nc(-c7ccccn7)c6)ccc4-5)cc3)n2)cc1. The molecule has 68 heavy (non-hydrogen) atoms. The van der Waals surface area contributed by atoms with Crippen molar-refractivity contribution in [1.29, 1.82) is 0 Å². The van der Waals surface area contributed by atoms with Crippen LogP contribution in [-0.4, -0.2) is 29.9 Å². The molecule has 1 aliphatic carbocycles. The fraction of sp³-hybridized carbons (Fsp3) is 0.0164. The number of hydrogen-bond donors (Lipinski definition) is 0. The first kappa shape index (κ1) is 39.7. The number of rotatable bonds is 7. The average molecular weight is 887 g/mol. The van der Waals surface area contributed by atoms with E-state index in [4.69, 9.17) is 29.9 Å². The number of hydrogen-bond acceptors (Lipinski definition) is 7. The van der Waals surface area contributed by atoms with E-state index < -0.39 is 5.41 Å². The van der Waals surface area contributed by atoms with Gasteiger partial charge >= 0.3 is 0 Å². The van der Waals surface area contributed by atoms with Crippen LogP contribution in [0.1, 0.15) is 22.3 Å². The molecule has 318 valence electrons. The molecule has 0 atom stereocenters. The van der Waals surface area contributed by atoms with Crippen LogP contribution >= 0.6 is 11.8 Å². The van der Waals surface area contributed by atoms with Gasteiger partial charge in [0.1, 0.15) is 0 Å². The summed E-state index contributed by atoms with van der Waals surface area (Å²) in [6.45, 7) is 0. The Morgan fingerprint density at radius 1 is 0.279 bits per heavy atom. The Balaban J connectivity index is 0.967.